The second-order valence-corrected chi connectivity index (χ2v) is 9.62. The molecule has 0 aromatic heterocycles. The second kappa shape index (κ2) is 10.5. The van der Waals surface area contributed by atoms with Crippen molar-refractivity contribution in [1.82, 2.24) is 15.5 Å². The van der Waals surface area contributed by atoms with Gasteiger partial charge in [0.2, 0.25) is 0 Å². The highest BCUT2D eigenvalue weighted by Crippen LogP contribution is 2.35. The average molecular weight is 488 g/mol. The van der Waals surface area contributed by atoms with Crippen molar-refractivity contribution in [2.45, 2.75) is 38.0 Å². The maximum Gasteiger partial charge on any atom is 0.322 e. The Hall–Kier alpha value is -3.71. The SMILES string of the molecule is O=C1NC(=O)[C@@](Cc2ccccc2F)(C2CCN(Cc3ccc(OCc4ccccc4)cc3)CC2)N1. The Morgan fingerprint density at radius 1 is 0.889 bits per heavy atom. The van der Waals surface area contributed by atoms with Crippen LogP contribution >= 0.6 is 0 Å². The highest BCUT2D eigenvalue weighted by atomic mass is 19.1. The Balaban J connectivity index is 1.19. The second-order valence-electron chi connectivity index (χ2n) is 9.62. The van der Waals surface area contributed by atoms with Gasteiger partial charge in [-0.25, -0.2) is 9.18 Å². The molecule has 0 saturated carbocycles. The molecule has 2 heterocycles. The number of halogens is 1. The van der Waals surface area contributed by atoms with Crippen molar-refractivity contribution in [2.24, 2.45) is 5.92 Å². The van der Waals surface area contributed by atoms with E-state index in [2.05, 4.69) is 27.7 Å². The molecule has 6 nitrogen and oxygen atoms in total. The summed E-state index contributed by atoms with van der Waals surface area (Å²) >= 11 is 0. The average Bonchev–Trinajstić information content (AvgIpc) is 3.19. The van der Waals surface area contributed by atoms with Gasteiger partial charge in [0.15, 0.2) is 0 Å². The molecular weight excluding hydrogens is 457 g/mol. The number of nitrogens with one attached hydrogen (secondary N) is 2. The van der Waals surface area contributed by atoms with Crippen molar-refractivity contribution < 1.29 is 18.7 Å². The lowest BCUT2D eigenvalue weighted by Crippen LogP contribution is -2.57. The van der Waals surface area contributed by atoms with Gasteiger partial charge < -0.3 is 10.1 Å². The van der Waals surface area contributed by atoms with Crippen LogP contribution in [0.4, 0.5) is 9.18 Å². The van der Waals surface area contributed by atoms with E-state index in [1.807, 2.05) is 42.5 Å². The molecule has 2 fully saturated rings. The third-order valence-electron chi connectivity index (χ3n) is 7.26. The van der Waals surface area contributed by atoms with Gasteiger partial charge in [0, 0.05) is 13.0 Å². The van der Waals surface area contributed by atoms with E-state index >= 15 is 0 Å². The van der Waals surface area contributed by atoms with Gasteiger partial charge in [-0.2, -0.15) is 0 Å². The van der Waals surface area contributed by atoms with Gasteiger partial charge >= 0.3 is 6.03 Å². The van der Waals surface area contributed by atoms with Crippen LogP contribution in [0.25, 0.3) is 0 Å². The molecule has 5 rings (SSSR count). The van der Waals surface area contributed by atoms with E-state index in [1.54, 1.807) is 18.2 Å². The van der Waals surface area contributed by atoms with Crippen molar-refractivity contribution >= 4 is 11.9 Å². The zero-order valence-electron chi connectivity index (χ0n) is 20.1. The summed E-state index contributed by atoms with van der Waals surface area (Å²) in [7, 11) is 0. The first-order chi connectivity index (χ1) is 17.5. The lowest BCUT2D eigenvalue weighted by molar-refractivity contribution is -0.126. The summed E-state index contributed by atoms with van der Waals surface area (Å²) < 4.78 is 20.3. The number of urea groups is 1. The number of ether oxygens (including phenoxy) is 1. The normalized spacial score (nSPS) is 20.7. The van der Waals surface area contributed by atoms with Crippen LogP contribution in [0.5, 0.6) is 5.75 Å². The molecule has 0 spiro atoms. The molecule has 3 aromatic rings. The fourth-order valence-corrected chi connectivity index (χ4v) is 5.28. The van der Waals surface area contributed by atoms with Crippen molar-refractivity contribution in [3.8, 4) is 5.75 Å². The topological polar surface area (TPSA) is 70.7 Å². The summed E-state index contributed by atoms with van der Waals surface area (Å²) in [5.74, 6) is 0.0349. The highest BCUT2D eigenvalue weighted by molar-refractivity contribution is 6.07. The smallest absolute Gasteiger partial charge is 0.322 e. The fourth-order valence-electron chi connectivity index (χ4n) is 5.28. The number of imide groups is 1. The lowest BCUT2D eigenvalue weighted by Gasteiger charge is -2.40. The van der Waals surface area contributed by atoms with Crippen molar-refractivity contribution in [3.05, 3.63) is 101 Å². The number of piperidine rings is 1. The molecule has 0 aliphatic carbocycles. The Labute approximate surface area is 210 Å². The number of hydrogen-bond acceptors (Lipinski definition) is 4. The van der Waals surface area contributed by atoms with Crippen LogP contribution in [0.1, 0.15) is 29.5 Å². The van der Waals surface area contributed by atoms with Crippen LogP contribution in [0.2, 0.25) is 0 Å². The number of carbonyl (C=O) groups is 2. The molecule has 0 radical (unpaired) electrons. The van der Waals surface area contributed by atoms with E-state index in [1.165, 1.54) is 11.6 Å². The summed E-state index contributed by atoms with van der Waals surface area (Å²) in [6.07, 6.45) is 1.62. The van der Waals surface area contributed by atoms with Gasteiger partial charge in [0.1, 0.15) is 23.7 Å². The van der Waals surface area contributed by atoms with Gasteiger partial charge in [0.25, 0.3) is 5.91 Å². The molecular formula is C29H30FN3O3. The van der Waals surface area contributed by atoms with Gasteiger partial charge in [-0.15, -0.1) is 0 Å². The largest absolute Gasteiger partial charge is 0.489 e. The molecule has 2 N–H and O–H groups in total. The number of carbonyl (C=O) groups excluding carboxylic acids is 2. The number of rotatable bonds is 8. The first kappa shape index (κ1) is 24.0. The molecule has 2 aliphatic rings. The van der Waals surface area contributed by atoms with E-state index in [-0.39, 0.29) is 24.1 Å². The van der Waals surface area contributed by atoms with Gasteiger partial charge in [-0.05, 0) is 66.7 Å². The number of hydrogen-bond donors (Lipinski definition) is 2. The lowest BCUT2D eigenvalue weighted by atomic mass is 9.74. The van der Waals surface area contributed by atoms with Gasteiger partial charge in [0.05, 0.1) is 0 Å². The Morgan fingerprint density at radius 2 is 1.58 bits per heavy atom. The fraction of sp³-hybridized carbons (Fsp3) is 0.310. The van der Waals surface area contributed by atoms with E-state index in [0.717, 1.165) is 43.8 Å². The predicted octanol–water partition coefficient (Wildman–Crippen LogP) is 4.44. The first-order valence-corrected chi connectivity index (χ1v) is 12.4. The van der Waals surface area contributed by atoms with E-state index in [9.17, 15) is 14.0 Å². The Morgan fingerprint density at radius 3 is 2.25 bits per heavy atom. The van der Waals surface area contributed by atoms with Gasteiger partial charge in [-0.3, -0.25) is 15.0 Å². The summed E-state index contributed by atoms with van der Waals surface area (Å²) in [5.41, 5.74) is 1.63. The number of amides is 3. The van der Waals surface area contributed by atoms with Crippen LogP contribution in [-0.4, -0.2) is 35.5 Å². The molecule has 186 valence electrons. The minimum absolute atomic E-state index is 0.0754. The Bertz CT molecular complexity index is 1210. The molecule has 1 atom stereocenters. The van der Waals surface area contributed by atoms with Crippen LogP contribution in [0.15, 0.2) is 78.9 Å². The number of benzene rings is 3. The maximum absolute atomic E-state index is 14.4. The first-order valence-electron chi connectivity index (χ1n) is 12.4. The van der Waals surface area contributed by atoms with Crippen LogP contribution in [0, 0.1) is 11.7 Å². The van der Waals surface area contributed by atoms with Crippen LogP contribution < -0.4 is 15.4 Å². The highest BCUT2D eigenvalue weighted by Gasteiger charge is 2.52. The zero-order valence-corrected chi connectivity index (χ0v) is 20.1. The summed E-state index contributed by atoms with van der Waals surface area (Å²) in [5, 5.41) is 5.24. The van der Waals surface area contributed by atoms with Crippen LogP contribution in [-0.2, 0) is 24.4 Å². The third kappa shape index (κ3) is 5.26. The quantitative estimate of drug-likeness (QED) is 0.461. The molecule has 3 amide bonds. The third-order valence-corrected chi connectivity index (χ3v) is 7.26. The summed E-state index contributed by atoms with van der Waals surface area (Å²) in [6.45, 7) is 2.91. The molecule has 3 aromatic carbocycles. The molecule has 0 bridgehead atoms. The zero-order chi connectivity index (χ0) is 25.0. The molecule has 7 heteroatoms. The van der Waals surface area contributed by atoms with E-state index in [0.29, 0.717) is 12.2 Å². The van der Waals surface area contributed by atoms with Crippen molar-refractivity contribution in [2.75, 3.05) is 13.1 Å². The standard InChI is InChI=1S/C29H30FN3O3/c30-26-9-5-4-8-23(26)18-29(27(34)31-28(35)32-29)24-14-16-33(17-15-24)19-21-10-12-25(13-11-21)36-20-22-6-2-1-3-7-22/h1-13,24H,14-20H2,(H2,31,32,34,35)/t29-/m1/s1. The molecule has 2 saturated heterocycles. The van der Waals surface area contributed by atoms with E-state index in [4.69, 9.17) is 4.74 Å². The molecule has 2 aliphatic heterocycles. The number of nitrogens with zero attached hydrogens (tertiary/aromatic N) is 1. The monoisotopic (exact) mass is 487 g/mol. The van der Waals surface area contributed by atoms with Crippen LogP contribution in [0.3, 0.4) is 0 Å². The van der Waals surface area contributed by atoms with E-state index < -0.39 is 11.6 Å². The maximum atomic E-state index is 14.4. The number of likely N-dealkylation sites (tertiary alicyclic amines) is 1. The molecule has 0 unspecified atom stereocenters. The predicted molar refractivity (Wildman–Crippen MR) is 135 cm³/mol. The summed E-state index contributed by atoms with van der Waals surface area (Å²) in [6, 6.07) is 24.2. The van der Waals surface area contributed by atoms with Gasteiger partial charge in [-0.1, -0.05) is 60.7 Å². The molecule has 36 heavy (non-hydrogen) atoms. The Kier molecular flexibility index (Phi) is 7.00. The minimum Gasteiger partial charge on any atom is -0.489 e. The van der Waals surface area contributed by atoms with Crippen molar-refractivity contribution in [3.63, 3.8) is 0 Å². The minimum atomic E-state index is -1.12. The summed E-state index contributed by atoms with van der Waals surface area (Å²) in [4.78, 5) is 27.4. The van der Waals surface area contributed by atoms with Crippen molar-refractivity contribution in [1.29, 1.82) is 0 Å².